The van der Waals surface area contributed by atoms with Gasteiger partial charge in [0, 0.05) is 12.4 Å². The van der Waals surface area contributed by atoms with E-state index in [2.05, 4.69) is 17.2 Å². The maximum Gasteiger partial charge on any atom is 0.121 e. The molecule has 102 valence electrons. The molecule has 0 aliphatic carbocycles. The molecule has 0 amide bonds. The van der Waals surface area contributed by atoms with Crippen molar-refractivity contribution in [2.24, 2.45) is 0 Å². The van der Waals surface area contributed by atoms with E-state index in [0.717, 1.165) is 36.5 Å². The SMILES string of the molecule is CCCNC(Cc1ccncc1Cl)c1ccc(C)o1. The molecule has 0 radical (unpaired) electrons. The molecule has 0 spiro atoms. The van der Waals surface area contributed by atoms with Crippen LogP contribution in [0.1, 0.15) is 36.5 Å². The van der Waals surface area contributed by atoms with E-state index in [9.17, 15) is 0 Å². The molecule has 1 unspecified atom stereocenters. The second kappa shape index (κ2) is 6.73. The summed E-state index contributed by atoms with van der Waals surface area (Å²) in [7, 11) is 0. The van der Waals surface area contributed by atoms with Gasteiger partial charge in [-0.05, 0) is 50.1 Å². The zero-order valence-electron chi connectivity index (χ0n) is 11.3. The highest BCUT2D eigenvalue weighted by Crippen LogP contribution is 2.24. The molecule has 4 heteroatoms. The molecule has 0 aliphatic rings. The van der Waals surface area contributed by atoms with E-state index in [1.807, 2.05) is 25.1 Å². The number of nitrogens with zero attached hydrogens (tertiary/aromatic N) is 1. The lowest BCUT2D eigenvalue weighted by molar-refractivity contribution is 0.398. The number of rotatable bonds is 6. The summed E-state index contributed by atoms with van der Waals surface area (Å²) in [5.41, 5.74) is 1.08. The zero-order valence-corrected chi connectivity index (χ0v) is 12.1. The molecule has 2 heterocycles. The maximum atomic E-state index is 6.17. The van der Waals surface area contributed by atoms with Gasteiger partial charge in [-0.1, -0.05) is 18.5 Å². The van der Waals surface area contributed by atoms with Crippen molar-refractivity contribution in [3.63, 3.8) is 0 Å². The summed E-state index contributed by atoms with van der Waals surface area (Å²) in [5, 5.41) is 4.20. The molecule has 1 atom stereocenters. The fourth-order valence-electron chi connectivity index (χ4n) is 2.02. The lowest BCUT2D eigenvalue weighted by atomic mass is 10.0. The molecule has 19 heavy (non-hydrogen) atoms. The minimum absolute atomic E-state index is 0.147. The average Bonchev–Trinajstić information content (AvgIpc) is 2.83. The predicted octanol–water partition coefficient (Wildman–Crippen LogP) is 3.92. The van der Waals surface area contributed by atoms with Crippen molar-refractivity contribution >= 4 is 11.6 Å². The van der Waals surface area contributed by atoms with Crippen LogP contribution >= 0.6 is 11.6 Å². The van der Waals surface area contributed by atoms with Crippen LogP contribution in [0.15, 0.2) is 35.0 Å². The third-order valence-corrected chi connectivity index (χ3v) is 3.37. The number of aromatic nitrogens is 1. The number of hydrogen-bond acceptors (Lipinski definition) is 3. The van der Waals surface area contributed by atoms with Crippen molar-refractivity contribution in [1.82, 2.24) is 10.3 Å². The Balaban J connectivity index is 2.16. The van der Waals surface area contributed by atoms with Gasteiger partial charge in [0.2, 0.25) is 0 Å². The summed E-state index contributed by atoms with van der Waals surface area (Å²) < 4.78 is 5.73. The van der Waals surface area contributed by atoms with Crippen molar-refractivity contribution in [1.29, 1.82) is 0 Å². The quantitative estimate of drug-likeness (QED) is 0.870. The van der Waals surface area contributed by atoms with Crippen molar-refractivity contribution < 1.29 is 4.42 Å². The minimum atomic E-state index is 0.147. The van der Waals surface area contributed by atoms with Crippen molar-refractivity contribution in [3.05, 3.63) is 52.7 Å². The van der Waals surface area contributed by atoms with Crippen LogP contribution in [0.4, 0.5) is 0 Å². The second-order valence-electron chi connectivity index (χ2n) is 4.63. The number of furan rings is 1. The van der Waals surface area contributed by atoms with Gasteiger partial charge in [0.25, 0.3) is 0 Å². The van der Waals surface area contributed by atoms with Crippen LogP contribution in [-0.4, -0.2) is 11.5 Å². The molecule has 0 saturated heterocycles. The summed E-state index contributed by atoms with van der Waals surface area (Å²) in [6.45, 7) is 5.06. The minimum Gasteiger partial charge on any atom is -0.465 e. The van der Waals surface area contributed by atoms with E-state index >= 15 is 0 Å². The van der Waals surface area contributed by atoms with Crippen LogP contribution < -0.4 is 5.32 Å². The number of aryl methyl sites for hydroxylation is 1. The molecule has 0 aliphatic heterocycles. The maximum absolute atomic E-state index is 6.17. The Hall–Kier alpha value is -1.32. The number of hydrogen-bond donors (Lipinski definition) is 1. The van der Waals surface area contributed by atoms with Gasteiger partial charge in [0.05, 0.1) is 11.1 Å². The molecule has 0 saturated carbocycles. The lowest BCUT2D eigenvalue weighted by Gasteiger charge is -2.17. The van der Waals surface area contributed by atoms with Crippen molar-refractivity contribution in [2.75, 3.05) is 6.54 Å². The normalized spacial score (nSPS) is 12.6. The standard InChI is InChI=1S/C15H19ClN2O/c1-3-7-18-14(15-5-4-11(2)19-15)9-12-6-8-17-10-13(12)16/h4-6,8,10,14,18H,3,7,9H2,1-2H3. The van der Waals surface area contributed by atoms with Crippen molar-refractivity contribution in [3.8, 4) is 0 Å². The van der Waals surface area contributed by atoms with Gasteiger partial charge in [0.1, 0.15) is 11.5 Å². The third kappa shape index (κ3) is 3.82. The smallest absolute Gasteiger partial charge is 0.121 e. The molecule has 0 bridgehead atoms. The van der Waals surface area contributed by atoms with E-state index < -0.39 is 0 Å². The molecule has 2 aromatic rings. The van der Waals surface area contributed by atoms with Crippen LogP contribution in [0.25, 0.3) is 0 Å². The van der Waals surface area contributed by atoms with Gasteiger partial charge in [-0.3, -0.25) is 4.98 Å². The number of pyridine rings is 1. The third-order valence-electron chi connectivity index (χ3n) is 3.03. The fraction of sp³-hybridized carbons (Fsp3) is 0.400. The lowest BCUT2D eigenvalue weighted by Crippen LogP contribution is -2.23. The molecular formula is C15H19ClN2O. The van der Waals surface area contributed by atoms with Gasteiger partial charge in [0.15, 0.2) is 0 Å². The van der Waals surface area contributed by atoms with Crippen LogP contribution in [-0.2, 0) is 6.42 Å². The summed E-state index contributed by atoms with van der Waals surface area (Å²) in [6.07, 6.45) is 5.33. The molecule has 1 N–H and O–H groups in total. The molecule has 2 rings (SSSR count). The van der Waals surface area contributed by atoms with Crippen LogP contribution in [0.5, 0.6) is 0 Å². The highest BCUT2D eigenvalue weighted by Gasteiger charge is 2.16. The van der Waals surface area contributed by atoms with Crippen LogP contribution in [0, 0.1) is 6.92 Å². The van der Waals surface area contributed by atoms with Crippen LogP contribution in [0.2, 0.25) is 5.02 Å². The summed E-state index contributed by atoms with van der Waals surface area (Å²) in [6, 6.07) is 6.12. The fourth-order valence-corrected chi connectivity index (χ4v) is 2.22. The van der Waals surface area contributed by atoms with E-state index in [4.69, 9.17) is 16.0 Å². The first-order valence-electron chi connectivity index (χ1n) is 6.58. The van der Waals surface area contributed by atoms with Gasteiger partial charge < -0.3 is 9.73 Å². The molecule has 0 aromatic carbocycles. The topological polar surface area (TPSA) is 38.1 Å². The first-order valence-corrected chi connectivity index (χ1v) is 6.96. The van der Waals surface area contributed by atoms with E-state index in [1.165, 1.54) is 0 Å². The van der Waals surface area contributed by atoms with Crippen molar-refractivity contribution in [2.45, 2.75) is 32.7 Å². The van der Waals surface area contributed by atoms with E-state index in [0.29, 0.717) is 5.02 Å². The highest BCUT2D eigenvalue weighted by molar-refractivity contribution is 6.31. The first kappa shape index (κ1) is 14.1. The molecular weight excluding hydrogens is 260 g/mol. The Morgan fingerprint density at radius 2 is 2.21 bits per heavy atom. The predicted molar refractivity (Wildman–Crippen MR) is 77.4 cm³/mol. The first-order chi connectivity index (χ1) is 9.20. The Bertz CT molecular complexity index is 524. The highest BCUT2D eigenvalue weighted by atomic mass is 35.5. The Kier molecular flexibility index (Phi) is 5.00. The van der Waals surface area contributed by atoms with Gasteiger partial charge >= 0.3 is 0 Å². The summed E-state index contributed by atoms with van der Waals surface area (Å²) >= 11 is 6.17. The second-order valence-corrected chi connectivity index (χ2v) is 5.03. The molecule has 0 fully saturated rings. The van der Waals surface area contributed by atoms with Gasteiger partial charge in [-0.25, -0.2) is 0 Å². The Labute approximate surface area is 119 Å². The summed E-state index contributed by atoms with van der Waals surface area (Å²) in [4.78, 5) is 4.02. The average molecular weight is 279 g/mol. The number of halogens is 1. The number of nitrogens with one attached hydrogen (secondary N) is 1. The molecule has 3 nitrogen and oxygen atoms in total. The van der Waals surface area contributed by atoms with Crippen LogP contribution in [0.3, 0.4) is 0 Å². The van der Waals surface area contributed by atoms with Gasteiger partial charge in [-0.15, -0.1) is 0 Å². The van der Waals surface area contributed by atoms with Gasteiger partial charge in [-0.2, -0.15) is 0 Å². The molecule has 2 aromatic heterocycles. The van der Waals surface area contributed by atoms with E-state index in [1.54, 1.807) is 12.4 Å². The van der Waals surface area contributed by atoms with E-state index in [-0.39, 0.29) is 6.04 Å². The Morgan fingerprint density at radius 3 is 2.84 bits per heavy atom. The Morgan fingerprint density at radius 1 is 1.37 bits per heavy atom. The zero-order chi connectivity index (χ0) is 13.7. The summed E-state index contributed by atoms with van der Waals surface area (Å²) in [5.74, 6) is 1.89. The largest absolute Gasteiger partial charge is 0.465 e. The monoisotopic (exact) mass is 278 g/mol.